The van der Waals surface area contributed by atoms with Crippen LogP contribution in [0.3, 0.4) is 0 Å². The molecule has 3 nitrogen and oxygen atoms in total. The quantitative estimate of drug-likeness (QED) is 0.910. The highest BCUT2D eigenvalue weighted by molar-refractivity contribution is 7.12. The van der Waals surface area contributed by atoms with Crippen molar-refractivity contribution in [1.82, 2.24) is 14.9 Å². The minimum atomic E-state index is 0.244. The molecule has 86 valence electrons. The van der Waals surface area contributed by atoms with Crippen molar-refractivity contribution in [3.63, 3.8) is 0 Å². The lowest BCUT2D eigenvalue weighted by molar-refractivity contribution is 0.704. The van der Waals surface area contributed by atoms with Crippen LogP contribution >= 0.6 is 22.9 Å². The Kier molecular flexibility index (Phi) is 3.68. The van der Waals surface area contributed by atoms with Crippen LogP contribution in [-0.4, -0.2) is 16.6 Å². The fraction of sp³-hybridized carbons (Fsp3) is 0.455. The predicted molar refractivity (Wildman–Crippen MR) is 69.2 cm³/mol. The lowest BCUT2D eigenvalue weighted by Gasteiger charge is -2.12. The molecule has 0 aliphatic rings. The van der Waals surface area contributed by atoms with Gasteiger partial charge in [0, 0.05) is 9.75 Å². The minimum Gasteiger partial charge on any atom is -0.308 e. The summed E-state index contributed by atoms with van der Waals surface area (Å²) >= 11 is 3.32. The number of hydrogen-bond donors (Lipinski definition) is 1. The Morgan fingerprint density at radius 3 is 2.81 bits per heavy atom. The maximum Gasteiger partial charge on any atom is 0.0804 e. The fourth-order valence-corrected chi connectivity index (χ4v) is 3.63. The van der Waals surface area contributed by atoms with Gasteiger partial charge in [-0.1, -0.05) is 11.4 Å². The topological polar surface area (TPSA) is 37.8 Å². The van der Waals surface area contributed by atoms with Gasteiger partial charge < -0.3 is 5.32 Å². The van der Waals surface area contributed by atoms with E-state index in [0.29, 0.717) is 0 Å². The summed E-state index contributed by atoms with van der Waals surface area (Å²) in [6, 6.07) is 4.58. The van der Waals surface area contributed by atoms with E-state index in [9.17, 15) is 0 Å². The number of thiophene rings is 1. The van der Waals surface area contributed by atoms with Crippen molar-refractivity contribution in [1.29, 1.82) is 0 Å². The second-order valence-corrected chi connectivity index (χ2v) is 5.71. The lowest BCUT2D eigenvalue weighted by Crippen LogP contribution is -2.16. The summed E-state index contributed by atoms with van der Waals surface area (Å²) in [4.78, 5) is 3.92. The lowest BCUT2D eigenvalue weighted by atomic mass is 10.1. The van der Waals surface area contributed by atoms with Crippen LogP contribution in [0.25, 0.3) is 0 Å². The molecule has 16 heavy (non-hydrogen) atoms. The maximum absolute atomic E-state index is 4.17. The first-order valence-electron chi connectivity index (χ1n) is 5.31. The van der Waals surface area contributed by atoms with Gasteiger partial charge in [-0.05, 0) is 44.1 Å². The second-order valence-electron chi connectivity index (χ2n) is 3.61. The van der Waals surface area contributed by atoms with E-state index in [1.165, 1.54) is 26.2 Å². The molecule has 0 saturated carbocycles. The third kappa shape index (κ3) is 2.16. The van der Waals surface area contributed by atoms with Crippen molar-refractivity contribution >= 4 is 22.9 Å². The molecule has 2 rings (SSSR count). The Morgan fingerprint density at radius 1 is 1.44 bits per heavy atom. The molecule has 1 atom stereocenters. The van der Waals surface area contributed by atoms with Gasteiger partial charge in [-0.3, -0.25) is 0 Å². The van der Waals surface area contributed by atoms with Gasteiger partial charge in [0.2, 0.25) is 0 Å². The van der Waals surface area contributed by atoms with Crippen molar-refractivity contribution < 1.29 is 0 Å². The minimum absolute atomic E-state index is 0.244. The zero-order valence-electron chi connectivity index (χ0n) is 9.65. The zero-order chi connectivity index (χ0) is 11.5. The number of hydrogen-bond acceptors (Lipinski definition) is 5. The number of aromatic nitrogens is 2. The third-order valence-electron chi connectivity index (χ3n) is 2.52. The number of aryl methyl sites for hydroxylation is 2. The van der Waals surface area contributed by atoms with E-state index in [1.54, 1.807) is 0 Å². The molecule has 2 heterocycles. The molecular weight excluding hydrogens is 238 g/mol. The van der Waals surface area contributed by atoms with Gasteiger partial charge in [0.25, 0.3) is 0 Å². The van der Waals surface area contributed by atoms with Crippen molar-refractivity contribution in [2.75, 3.05) is 7.05 Å². The van der Waals surface area contributed by atoms with Crippen LogP contribution in [0.4, 0.5) is 0 Å². The summed E-state index contributed by atoms with van der Waals surface area (Å²) in [6.07, 6.45) is 0.939. The Labute approximate surface area is 104 Å². The van der Waals surface area contributed by atoms with Crippen molar-refractivity contribution in [2.45, 2.75) is 26.3 Å². The van der Waals surface area contributed by atoms with Gasteiger partial charge in [-0.15, -0.1) is 16.4 Å². The van der Waals surface area contributed by atoms with Gasteiger partial charge in [-0.2, -0.15) is 0 Å². The van der Waals surface area contributed by atoms with Gasteiger partial charge in [0.1, 0.15) is 0 Å². The van der Waals surface area contributed by atoms with Gasteiger partial charge in [0.15, 0.2) is 0 Å². The zero-order valence-corrected chi connectivity index (χ0v) is 11.3. The molecular formula is C11H15N3S2. The van der Waals surface area contributed by atoms with Crippen LogP contribution in [0.1, 0.15) is 33.3 Å². The Morgan fingerprint density at radius 2 is 2.25 bits per heavy atom. The molecule has 0 aliphatic heterocycles. The van der Waals surface area contributed by atoms with Gasteiger partial charge in [-0.25, -0.2) is 0 Å². The molecule has 0 aromatic carbocycles. The SMILES string of the molecule is CCc1nnsc1C(NC)c1ccc(C)s1. The number of nitrogens with one attached hydrogen (secondary N) is 1. The van der Waals surface area contributed by atoms with Crippen LogP contribution in [0.15, 0.2) is 12.1 Å². The molecule has 0 radical (unpaired) electrons. The third-order valence-corrected chi connectivity index (χ3v) is 4.41. The van der Waals surface area contributed by atoms with Crippen LogP contribution < -0.4 is 5.32 Å². The fourth-order valence-electron chi connectivity index (χ4n) is 1.69. The van der Waals surface area contributed by atoms with Crippen LogP contribution in [0.5, 0.6) is 0 Å². The molecule has 0 aliphatic carbocycles. The summed E-state index contributed by atoms with van der Waals surface area (Å²) in [5.74, 6) is 0. The summed E-state index contributed by atoms with van der Waals surface area (Å²) in [6.45, 7) is 4.25. The smallest absolute Gasteiger partial charge is 0.0804 e. The van der Waals surface area contributed by atoms with Gasteiger partial charge in [0.05, 0.1) is 16.6 Å². The predicted octanol–water partition coefficient (Wildman–Crippen LogP) is 2.78. The van der Waals surface area contributed by atoms with E-state index >= 15 is 0 Å². The highest BCUT2D eigenvalue weighted by atomic mass is 32.1. The Bertz CT molecular complexity index is 461. The molecule has 2 aromatic rings. The average Bonchev–Trinajstić information content (AvgIpc) is 2.89. The molecule has 0 saturated heterocycles. The molecule has 0 bridgehead atoms. The molecule has 0 spiro atoms. The first kappa shape index (κ1) is 11.7. The van der Waals surface area contributed by atoms with E-state index in [0.717, 1.165) is 12.1 Å². The molecule has 0 amide bonds. The summed E-state index contributed by atoms with van der Waals surface area (Å²) in [5, 5.41) is 7.52. The van der Waals surface area contributed by atoms with Crippen molar-refractivity contribution in [3.8, 4) is 0 Å². The van der Waals surface area contributed by atoms with E-state index in [2.05, 4.69) is 40.9 Å². The van der Waals surface area contributed by atoms with Crippen LogP contribution in [-0.2, 0) is 6.42 Å². The molecule has 5 heteroatoms. The van der Waals surface area contributed by atoms with Crippen molar-refractivity contribution in [3.05, 3.63) is 32.5 Å². The largest absolute Gasteiger partial charge is 0.308 e. The van der Waals surface area contributed by atoms with Crippen LogP contribution in [0, 0.1) is 6.92 Å². The Balaban J connectivity index is 2.36. The Hall–Kier alpha value is -0.780. The second kappa shape index (κ2) is 5.03. The molecule has 2 aromatic heterocycles. The molecule has 0 fully saturated rings. The van der Waals surface area contributed by atoms with Crippen LogP contribution in [0.2, 0.25) is 0 Å². The van der Waals surface area contributed by atoms with Gasteiger partial charge >= 0.3 is 0 Å². The summed E-state index contributed by atoms with van der Waals surface area (Å²) in [7, 11) is 1.98. The molecule has 1 unspecified atom stereocenters. The normalized spacial score (nSPS) is 12.9. The standard InChI is InChI=1S/C11H15N3S2/c1-4-8-11(16-14-13-8)10(12-3)9-6-5-7(2)15-9/h5-6,10,12H,4H2,1-3H3. The highest BCUT2D eigenvalue weighted by Crippen LogP contribution is 2.31. The monoisotopic (exact) mass is 253 g/mol. The van der Waals surface area contributed by atoms with E-state index < -0.39 is 0 Å². The summed E-state index contributed by atoms with van der Waals surface area (Å²) in [5.41, 5.74) is 1.11. The average molecular weight is 253 g/mol. The van der Waals surface area contributed by atoms with E-state index in [4.69, 9.17) is 0 Å². The van der Waals surface area contributed by atoms with E-state index in [-0.39, 0.29) is 6.04 Å². The number of nitrogens with zero attached hydrogens (tertiary/aromatic N) is 2. The van der Waals surface area contributed by atoms with E-state index in [1.807, 2.05) is 18.4 Å². The maximum atomic E-state index is 4.17. The first-order valence-corrected chi connectivity index (χ1v) is 6.90. The molecule has 1 N–H and O–H groups in total. The highest BCUT2D eigenvalue weighted by Gasteiger charge is 2.19. The van der Waals surface area contributed by atoms with Crippen molar-refractivity contribution in [2.24, 2.45) is 0 Å². The summed E-state index contributed by atoms with van der Waals surface area (Å²) < 4.78 is 4.05. The number of rotatable bonds is 4. The first-order chi connectivity index (χ1) is 7.76.